The van der Waals surface area contributed by atoms with Gasteiger partial charge in [0.25, 0.3) is 0 Å². The summed E-state index contributed by atoms with van der Waals surface area (Å²) in [6, 6.07) is 14.4. The molecule has 8 heteroatoms. The minimum Gasteiger partial charge on any atom is -0.508 e. The van der Waals surface area contributed by atoms with E-state index in [0.29, 0.717) is 24.8 Å². The van der Waals surface area contributed by atoms with Crippen LogP contribution < -0.4 is 0 Å². The van der Waals surface area contributed by atoms with Crippen LogP contribution in [0.4, 0.5) is 0 Å². The topological polar surface area (TPSA) is 128 Å². The molecular weight excluding hydrogens is 436 g/mol. The number of phenolic OH excluding ortho intramolecular Hbond substituents is 2. The lowest BCUT2D eigenvalue weighted by Crippen LogP contribution is -2.18. The Bertz CT molecular complexity index is 765. The van der Waals surface area contributed by atoms with Crippen molar-refractivity contribution in [3.63, 3.8) is 0 Å². The molecule has 2 aromatic rings. The zero-order chi connectivity index (χ0) is 24.1. The molecule has 0 saturated carbocycles. The summed E-state index contributed by atoms with van der Waals surface area (Å²) >= 11 is 5.27. The number of alkyl halides is 1. The Labute approximate surface area is 193 Å². The number of carboxylic acids is 2. The van der Waals surface area contributed by atoms with Crippen molar-refractivity contribution in [3.8, 4) is 11.5 Å². The van der Waals surface area contributed by atoms with Gasteiger partial charge in [-0.3, -0.25) is 9.59 Å². The predicted molar refractivity (Wildman–Crippen MR) is 123 cm³/mol. The van der Waals surface area contributed by atoms with Crippen LogP contribution in [-0.4, -0.2) is 51.0 Å². The minimum atomic E-state index is -0.870. The van der Waals surface area contributed by atoms with E-state index in [1.165, 1.54) is 0 Å². The fourth-order valence-electron chi connectivity index (χ4n) is 2.63. The van der Waals surface area contributed by atoms with Gasteiger partial charge in [-0.25, -0.2) is 0 Å². The Hall–Kier alpha value is -2.77. The molecular formula is C24H31ClO7. The van der Waals surface area contributed by atoms with Crippen LogP contribution in [0.5, 0.6) is 11.5 Å². The largest absolute Gasteiger partial charge is 0.508 e. The first-order valence-corrected chi connectivity index (χ1v) is 10.8. The highest BCUT2D eigenvalue weighted by atomic mass is 35.5. The Morgan fingerprint density at radius 2 is 1.22 bits per heavy atom. The second-order valence-electron chi connectivity index (χ2n) is 7.82. The van der Waals surface area contributed by atoms with E-state index in [0.717, 1.165) is 17.7 Å². The summed E-state index contributed by atoms with van der Waals surface area (Å²) in [5, 5.41) is 34.9. The van der Waals surface area contributed by atoms with E-state index >= 15 is 0 Å². The van der Waals surface area contributed by atoms with E-state index in [-0.39, 0.29) is 29.8 Å². The highest BCUT2D eigenvalue weighted by molar-refractivity contribution is 6.18. The number of epoxide rings is 1. The van der Waals surface area contributed by atoms with Gasteiger partial charge in [0.1, 0.15) is 11.5 Å². The first kappa shape index (κ1) is 27.3. The van der Waals surface area contributed by atoms with Crippen molar-refractivity contribution < 1.29 is 34.8 Å². The third-order valence-corrected chi connectivity index (χ3v) is 5.13. The molecule has 1 aliphatic heterocycles. The molecule has 3 rings (SSSR count). The average Bonchev–Trinajstić information content (AvgIpc) is 3.57. The fourth-order valence-corrected chi connectivity index (χ4v) is 2.81. The lowest BCUT2D eigenvalue weighted by Gasteiger charge is -2.26. The Balaban J connectivity index is 0.000000287. The summed E-state index contributed by atoms with van der Waals surface area (Å²) in [6.45, 7) is 5.11. The normalized spacial score (nSPS) is 14.3. The highest BCUT2D eigenvalue weighted by Gasteiger charge is 2.22. The molecule has 0 aromatic heterocycles. The quantitative estimate of drug-likeness (QED) is 0.251. The first-order valence-electron chi connectivity index (χ1n) is 10.3. The molecule has 1 heterocycles. The van der Waals surface area contributed by atoms with E-state index in [2.05, 4.69) is 13.8 Å². The SMILES string of the molecule is CC(C)(c1ccc(O)cc1)c1ccc(O)cc1.ClCC1CO1.O=C(O)CCCCC(=O)O. The van der Waals surface area contributed by atoms with Gasteiger partial charge in [-0.15, -0.1) is 11.6 Å². The summed E-state index contributed by atoms with van der Waals surface area (Å²) in [5.41, 5.74) is 2.10. The minimum absolute atomic E-state index is 0.0628. The maximum Gasteiger partial charge on any atom is 0.303 e. The number of halogens is 1. The standard InChI is InChI=1S/C15H16O2.C6H10O4.C3H5ClO/c1-15(2,11-3-7-13(16)8-4-11)12-5-9-14(17)10-6-12;7-5(8)3-1-2-4-6(9)10;4-1-3-2-5-3/h3-10,16-17H,1-2H3;1-4H2,(H,7,8)(H,9,10);3H,1-2H2. The van der Waals surface area contributed by atoms with Gasteiger partial charge >= 0.3 is 11.9 Å². The fraction of sp³-hybridized carbons (Fsp3) is 0.417. The number of hydrogen-bond acceptors (Lipinski definition) is 5. The van der Waals surface area contributed by atoms with Gasteiger partial charge in [-0.2, -0.15) is 0 Å². The van der Waals surface area contributed by atoms with Crippen LogP contribution in [-0.2, 0) is 19.7 Å². The number of hydrogen-bond donors (Lipinski definition) is 4. The molecule has 1 saturated heterocycles. The number of rotatable bonds is 8. The molecule has 2 aromatic carbocycles. The van der Waals surface area contributed by atoms with Crippen molar-refractivity contribution in [1.82, 2.24) is 0 Å². The van der Waals surface area contributed by atoms with Gasteiger partial charge in [-0.1, -0.05) is 38.1 Å². The monoisotopic (exact) mass is 466 g/mol. The second kappa shape index (κ2) is 13.6. The summed E-state index contributed by atoms with van der Waals surface area (Å²) in [7, 11) is 0. The highest BCUT2D eigenvalue weighted by Crippen LogP contribution is 2.32. The van der Waals surface area contributed by atoms with Gasteiger partial charge in [0.15, 0.2) is 0 Å². The molecule has 1 aliphatic rings. The van der Waals surface area contributed by atoms with Crippen LogP contribution in [0.3, 0.4) is 0 Å². The smallest absolute Gasteiger partial charge is 0.303 e. The van der Waals surface area contributed by atoms with Crippen LogP contribution >= 0.6 is 11.6 Å². The molecule has 176 valence electrons. The number of carbonyl (C=O) groups is 2. The zero-order valence-electron chi connectivity index (χ0n) is 18.3. The molecule has 32 heavy (non-hydrogen) atoms. The van der Waals surface area contributed by atoms with Crippen LogP contribution in [0.1, 0.15) is 50.7 Å². The lowest BCUT2D eigenvalue weighted by atomic mass is 9.78. The molecule has 1 unspecified atom stereocenters. The molecule has 0 amide bonds. The average molecular weight is 467 g/mol. The number of unbranched alkanes of at least 4 members (excludes halogenated alkanes) is 1. The summed E-state index contributed by atoms with van der Waals surface area (Å²) < 4.78 is 4.73. The van der Waals surface area contributed by atoms with Crippen molar-refractivity contribution >= 4 is 23.5 Å². The molecule has 0 bridgehead atoms. The maximum atomic E-state index is 9.90. The van der Waals surface area contributed by atoms with Gasteiger partial charge in [-0.05, 0) is 48.2 Å². The van der Waals surface area contributed by atoms with Crippen LogP contribution in [0.25, 0.3) is 0 Å². The van der Waals surface area contributed by atoms with Gasteiger partial charge in [0, 0.05) is 18.3 Å². The number of aromatic hydroxyl groups is 2. The van der Waals surface area contributed by atoms with Crippen molar-refractivity contribution in [2.24, 2.45) is 0 Å². The predicted octanol–water partition coefficient (Wildman–Crippen LogP) is 4.76. The number of phenols is 2. The summed E-state index contributed by atoms with van der Waals surface area (Å²) in [6.07, 6.45) is 1.42. The van der Waals surface area contributed by atoms with Crippen molar-refractivity contribution in [1.29, 1.82) is 0 Å². The van der Waals surface area contributed by atoms with E-state index in [1.807, 2.05) is 24.3 Å². The molecule has 7 nitrogen and oxygen atoms in total. The second-order valence-corrected chi connectivity index (χ2v) is 8.13. The Kier molecular flexibility index (Phi) is 11.6. The van der Waals surface area contributed by atoms with Gasteiger partial charge in [0.05, 0.1) is 18.6 Å². The van der Waals surface area contributed by atoms with Crippen molar-refractivity contribution in [3.05, 3.63) is 59.7 Å². The Morgan fingerprint density at radius 1 is 0.875 bits per heavy atom. The third-order valence-electron chi connectivity index (χ3n) is 4.78. The van der Waals surface area contributed by atoms with Gasteiger partial charge in [0.2, 0.25) is 0 Å². The van der Waals surface area contributed by atoms with Crippen molar-refractivity contribution in [2.45, 2.75) is 51.0 Å². The van der Waals surface area contributed by atoms with Gasteiger partial charge < -0.3 is 25.2 Å². The number of benzene rings is 2. The maximum absolute atomic E-state index is 9.90. The molecule has 0 aliphatic carbocycles. The lowest BCUT2D eigenvalue weighted by molar-refractivity contribution is -0.139. The van der Waals surface area contributed by atoms with Crippen molar-refractivity contribution in [2.75, 3.05) is 12.5 Å². The van der Waals surface area contributed by atoms with Crippen LogP contribution in [0, 0.1) is 0 Å². The van der Waals surface area contributed by atoms with E-state index < -0.39 is 11.9 Å². The number of ether oxygens (including phenoxy) is 1. The zero-order valence-corrected chi connectivity index (χ0v) is 19.1. The molecule has 1 atom stereocenters. The molecule has 1 fully saturated rings. The van der Waals surface area contributed by atoms with Crippen LogP contribution in [0.2, 0.25) is 0 Å². The molecule has 0 radical (unpaired) electrons. The first-order chi connectivity index (χ1) is 15.1. The third kappa shape index (κ3) is 11.0. The number of aliphatic carboxylic acids is 2. The van der Waals surface area contributed by atoms with E-state index in [9.17, 15) is 19.8 Å². The molecule has 0 spiro atoms. The molecule has 4 N–H and O–H groups in total. The Morgan fingerprint density at radius 3 is 1.44 bits per heavy atom. The summed E-state index contributed by atoms with van der Waals surface area (Å²) in [5.74, 6) is -0.527. The van der Waals surface area contributed by atoms with E-state index in [1.54, 1.807) is 24.3 Å². The van der Waals surface area contributed by atoms with Crippen LogP contribution in [0.15, 0.2) is 48.5 Å². The van der Waals surface area contributed by atoms with E-state index in [4.69, 9.17) is 26.6 Å². The summed E-state index contributed by atoms with van der Waals surface area (Å²) in [4.78, 5) is 19.8. The number of carboxylic acid groups (broad SMARTS) is 2.